The smallest absolute Gasteiger partial charge is 0.306 e. The van der Waals surface area contributed by atoms with Gasteiger partial charge in [-0.25, -0.2) is 0 Å². The van der Waals surface area contributed by atoms with E-state index in [4.69, 9.17) is 48.1 Å². The number of carbonyl (C=O) groups excluding carboxylic acids is 1. The molecule has 13 atom stereocenters. The molecule has 4 aliphatic rings. The number of rotatable bonds is 33. The number of esters is 1. The van der Waals surface area contributed by atoms with Crippen LogP contribution in [0.5, 0.6) is 17.2 Å². The van der Waals surface area contributed by atoms with Crippen molar-refractivity contribution < 1.29 is 93.1 Å². The first kappa shape index (κ1) is 77.7. The Morgan fingerprint density at radius 3 is 1.30 bits per heavy atom. The van der Waals surface area contributed by atoms with Crippen molar-refractivity contribution in [1.82, 2.24) is 0 Å². The van der Waals surface area contributed by atoms with Crippen LogP contribution in [-0.2, 0) is 64.5 Å². The Balaban J connectivity index is 0.000000279. The Morgan fingerprint density at radius 2 is 0.890 bits per heavy atom. The molecule has 5 unspecified atom stereocenters. The number of aliphatic hydroxyl groups is 6. The highest BCUT2D eigenvalue weighted by molar-refractivity contribution is 8.93. The fourth-order valence-corrected chi connectivity index (χ4v) is 12.0. The number of fused-ring (bicyclic) bond motifs is 1. The second kappa shape index (κ2) is 44.0. The van der Waals surface area contributed by atoms with E-state index in [0.29, 0.717) is 90.6 Å². The number of carbonyl (C=O) groups is 3. The standard InChI is InChI=1S/C28H36O6.C21H30O6.C16H22O5.C6H12O2.BrH/c1-32-23-15-13-22(14-16-23)19-33-27-17-26(30)24(25(27)18-29)11-7-2-3-8-12-28(31)34-20-21-9-5-4-6-10-21;1-26-16-10-8-15(9-11-16)14-27-20-12-19(23)17(18(20)13-22)6-4-2-3-5-7-21(24)25;1-19-11-4-2-10(3-5-11)9-20-14-7-15-12(13(14)8-17)6-16(18)21-15;1-2-3-4-5-6(7)8;/h2,4-7,9-10,13-16,24-27,29-30H,3,8,11-12,17-20H2,1H3;2,4,8-11,17-20,22-23H,3,5-7,12-14H2,1H3,(H,24,25);2-5,12-18H,6-9H2,1H3;2-5H2,1H3,(H,7,8);1H/b7-2-;4-2-;;;/t24-,25-,26+,27?;17-,18-,19+,20?;12-,13-,14?,15?,16?;;/m111../s1. The lowest BCUT2D eigenvalue weighted by molar-refractivity contribution is -0.145. The average molecular weight is 1340 g/mol. The molecule has 1 saturated heterocycles. The lowest BCUT2D eigenvalue weighted by Crippen LogP contribution is -2.26. The number of aliphatic hydroxyl groups excluding tert-OH is 6. The molecule has 4 aromatic rings. The van der Waals surface area contributed by atoms with Crippen molar-refractivity contribution in [3.8, 4) is 17.2 Å². The quantitative estimate of drug-likeness (QED) is 0.0125. The Kier molecular flexibility index (Phi) is 37.5. The molecule has 8 rings (SSSR count). The first-order chi connectivity index (χ1) is 43.6. The molecule has 4 fully saturated rings. The summed E-state index contributed by atoms with van der Waals surface area (Å²) in [6.45, 7) is 3.76. The number of allylic oxidation sites excluding steroid dienone is 4. The Labute approximate surface area is 548 Å². The van der Waals surface area contributed by atoms with Crippen LogP contribution in [0.1, 0.15) is 132 Å². The summed E-state index contributed by atoms with van der Waals surface area (Å²) in [4.78, 5) is 32.3. The van der Waals surface area contributed by atoms with Crippen molar-refractivity contribution in [2.24, 2.45) is 35.5 Å². The molecule has 0 amide bonds. The van der Waals surface area contributed by atoms with Crippen LogP contribution in [0.2, 0.25) is 0 Å². The van der Waals surface area contributed by atoms with E-state index in [1.54, 1.807) is 21.3 Å². The van der Waals surface area contributed by atoms with Crippen LogP contribution in [0.25, 0.3) is 0 Å². The van der Waals surface area contributed by atoms with Gasteiger partial charge in [0.15, 0.2) is 6.29 Å². The van der Waals surface area contributed by atoms with Gasteiger partial charge in [-0.2, -0.15) is 0 Å². The number of carboxylic acids is 2. The summed E-state index contributed by atoms with van der Waals surface area (Å²) in [5.74, 6) is 0.687. The minimum Gasteiger partial charge on any atom is -0.497 e. The molecule has 0 radical (unpaired) electrons. The maximum Gasteiger partial charge on any atom is 0.306 e. The van der Waals surface area contributed by atoms with Gasteiger partial charge in [0.25, 0.3) is 0 Å². The number of ether oxygens (including phenoxy) is 8. The number of carboxylic acid groups (broad SMARTS) is 2. The molecule has 3 saturated carbocycles. The van der Waals surface area contributed by atoms with Gasteiger partial charge in [0, 0.05) is 82.5 Å². The van der Waals surface area contributed by atoms with Gasteiger partial charge in [0.2, 0.25) is 0 Å². The summed E-state index contributed by atoms with van der Waals surface area (Å²) in [6, 6.07) is 32.7. The minimum atomic E-state index is -0.785. The first-order valence-corrected chi connectivity index (χ1v) is 31.8. The maximum atomic E-state index is 11.9. The summed E-state index contributed by atoms with van der Waals surface area (Å²) in [6.07, 6.45) is 16.3. The number of benzene rings is 4. The normalized spacial score (nSPS) is 24.6. The Hall–Kier alpha value is -5.75. The third-order valence-electron chi connectivity index (χ3n) is 17.2. The number of hydrogen-bond donors (Lipinski definition) is 8. The molecular formula is C71H101BrO19. The lowest BCUT2D eigenvalue weighted by Gasteiger charge is -2.23. The van der Waals surface area contributed by atoms with Gasteiger partial charge in [0.1, 0.15) is 23.9 Å². The number of hydrogen-bond acceptors (Lipinski definition) is 17. The minimum absolute atomic E-state index is 0. The van der Waals surface area contributed by atoms with E-state index in [-0.39, 0.29) is 109 Å². The highest BCUT2D eigenvalue weighted by Crippen LogP contribution is 2.44. The molecule has 1 aliphatic heterocycles. The second-order valence-corrected chi connectivity index (χ2v) is 23.4. The zero-order valence-electron chi connectivity index (χ0n) is 53.4. The molecule has 19 nitrogen and oxygen atoms in total. The molecule has 20 heteroatoms. The number of aliphatic carboxylic acids is 2. The van der Waals surface area contributed by atoms with Crippen molar-refractivity contribution in [2.45, 2.75) is 179 Å². The monoisotopic (exact) mass is 1340 g/mol. The van der Waals surface area contributed by atoms with Gasteiger partial charge in [-0.3, -0.25) is 14.4 Å². The molecule has 1 heterocycles. The molecule has 4 aromatic carbocycles. The molecular weight excluding hydrogens is 1240 g/mol. The van der Waals surface area contributed by atoms with Gasteiger partial charge >= 0.3 is 17.9 Å². The average Bonchev–Trinajstić information content (AvgIpc) is 1.86. The predicted octanol–water partition coefficient (Wildman–Crippen LogP) is 10.7. The van der Waals surface area contributed by atoms with Crippen LogP contribution < -0.4 is 14.2 Å². The van der Waals surface area contributed by atoms with Crippen molar-refractivity contribution in [3.63, 3.8) is 0 Å². The lowest BCUT2D eigenvalue weighted by atomic mass is 9.91. The van der Waals surface area contributed by atoms with Gasteiger partial charge in [0.05, 0.1) is 77.8 Å². The van der Waals surface area contributed by atoms with E-state index in [1.807, 2.05) is 127 Å². The van der Waals surface area contributed by atoms with E-state index in [2.05, 4.69) is 6.92 Å². The van der Waals surface area contributed by atoms with Crippen LogP contribution in [0.15, 0.2) is 127 Å². The van der Waals surface area contributed by atoms with Gasteiger partial charge in [-0.15, -0.1) is 17.0 Å². The van der Waals surface area contributed by atoms with E-state index in [0.717, 1.165) is 71.6 Å². The molecule has 8 N–H and O–H groups in total. The number of unbranched alkanes of at least 4 members (excludes halogenated alkanes) is 4. The van der Waals surface area contributed by atoms with Gasteiger partial charge in [-0.05, 0) is 121 Å². The topological polar surface area (TPSA) is 287 Å². The van der Waals surface area contributed by atoms with Crippen molar-refractivity contribution >= 4 is 34.9 Å². The van der Waals surface area contributed by atoms with Crippen LogP contribution in [0, 0.1) is 35.5 Å². The number of methoxy groups -OCH3 is 3. The molecule has 3 aliphatic carbocycles. The van der Waals surface area contributed by atoms with Crippen LogP contribution >= 0.6 is 17.0 Å². The number of halogens is 1. The molecule has 91 heavy (non-hydrogen) atoms. The summed E-state index contributed by atoms with van der Waals surface area (Å²) in [5.41, 5.74) is 4.10. The predicted molar refractivity (Wildman–Crippen MR) is 349 cm³/mol. The van der Waals surface area contributed by atoms with E-state index in [9.17, 15) is 45.0 Å². The van der Waals surface area contributed by atoms with Crippen LogP contribution in [0.3, 0.4) is 0 Å². The zero-order valence-corrected chi connectivity index (χ0v) is 55.1. The van der Waals surface area contributed by atoms with Crippen molar-refractivity contribution in [3.05, 3.63) is 150 Å². The largest absolute Gasteiger partial charge is 0.497 e. The molecule has 0 bridgehead atoms. The summed E-state index contributed by atoms with van der Waals surface area (Å²) in [5, 5.41) is 76.6. The SMILES string of the molecule is Br.CCCCCC(=O)O.COc1ccc(COC2CC3OC(O)C[C@@H]3[C@H]2CO)cc1.COc1ccc(COC2C[C@H](O)[C@H](C/C=C\CCCC(=O)O)[C@H]2CO)cc1.COc1ccc(COC2C[C@H](O)[C@H](C/C=C\CCCC(=O)OCc3ccccc3)[C@H]2CO)cc1. The maximum absolute atomic E-state index is 11.9. The third-order valence-corrected chi connectivity index (χ3v) is 17.2. The fraction of sp³-hybridized carbons (Fsp3) is 0.563. The highest BCUT2D eigenvalue weighted by atomic mass is 79.9. The van der Waals surface area contributed by atoms with Gasteiger partial charge < -0.3 is 78.7 Å². The molecule has 0 aromatic heterocycles. The summed E-state index contributed by atoms with van der Waals surface area (Å²) in [7, 11) is 4.90. The van der Waals surface area contributed by atoms with E-state index in [1.165, 1.54) is 0 Å². The van der Waals surface area contributed by atoms with Crippen LogP contribution in [-0.4, -0.2) is 143 Å². The van der Waals surface area contributed by atoms with E-state index < -0.39 is 30.4 Å². The van der Waals surface area contributed by atoms with Crippen molar-refractivity contribution in [2.75, 3.05) is 41.2 Å². The molecule has 0 spiro atoms. The zero-order chi connectivity index (χ0) is 65.0. The Morgan fingerprint density at radius 1 is 0.484 bits per heavy atom. The van der Waals surface area contributed by atoms with E-state index >= 15 is 0 Å². The summed E-state index contributed by atoms with van der Waals surface area (Å²) < 4.78 is 44.2. The Bertz CT molecular complexity index is 2660. The van der Waals surface area contributed by atoms with Gasteiger partial charge in [-0.1, -0.05) is 111 Å². The highest BCUT2D eigenvalue weighted by Gasteiger charge is 2.49. The third kappa shape index (κ3) is 27.8. The van der Waals surface area contributed by atoms with Crippen molar-refractivity contribution in [1.29, 1.82) is 0 Å². The fourth-order valence-electron chi connectivity index (χ4n) is 12.0. The second-order valence-electron chi connectivity index (χ2n) is 23.4. The molecule has 506 valence electrons. The first-order valence-electron chi connectivity index (χ1n) is 31.8. The van der Waals surface area contributed by atoms with Crippen LogP contribution in [0.4, 0.5) is 0 Å². The summed E-state index contributed by atoms with van der Waals surface area (Å²) >= 11 is 0.